The second-order valence-electron chi connectivity index (χ2n) is 9.26. The molecule has 1 aromatic rings. The first-order valence-corrected chi connectivity index (χ1v) is 11.9. The van der Waals surface area contributed by atoms with Crippen molar-refractivity contribution in [2.45, 2.75) is 68.8 Å². The number of likely N-dealkylation sites (N-methyl/N-ethyl adjacent to an activating group) is 1. The number of carbonyl (C=O) groups is 3. The number of nitrogens with zero attached hydrogens (tertiary/aromatic N) is 2. The molecular formula is C21H30N4O5S. The Morgan fingerprint density at radius 1 is 1.13 bits per heavy atom. The molecule has 1 spiro atoms. The van der Waals surface area contributed by atoms with E-state index in [0.29, 0.717) is 12.8 Å². The van der Waals surface area contributed by atoms with Crippen molar-refractivity contribution in [1.82, 2.24) is 14.5 Å². The van der Waals surface area contributed by atoms with E-state index in [1.54, 1.807) is 33.9 Å². The Kier molecular flexibility index (Phi) is 6.16. The SMILES string of the molecule is CN1C(=O)N(CC(=O)Nc2cccc(S(=O)(=O)NC(C)(C)C)c2)C(=O)C12CCCCC2. The van der Waals surface area contributed by atoms with Gasteiger partial charge in [0.2, 0.25) is 15.9 Å². The van der Waals surface area contributed by atoms with E-state index < -0.39 is 39.6 Å². The van der Waals surface area contributed by atoms with Crippen LogP contribution in [0.25, 0.3) is 0 Å². The molecule has 3 rings (SSSR count). The highest BCUT2D eigenvalue weighted by molar-refractivity contribution is 7.89. The van der Waals surface area contributed by atoms with Crippen LogP contribution in [-0.4, -0.2) is 60.7 Å². The molecule has 1 saturated heterocycles. The summed E-state index contributed by atoms with van der Waals surface area (Å²) in [6, 6.07) is 5.36. The van der Waals surface area contributed by atoms with Crippen LogP contribution in [0.15, 0.2) is 29.2 Å². The van der Waals surface area contributed by atoms with Gasteiger partial charge in [-0.15, -0.1) is 0 Å². The van der Waals surface area contributed by atoms with Crippen LogP contribution in [0.4, 0.5) is 10.5 Å². The van der Waals surface area contributed by atoms with Crippen LogP contribution in [0.2, 0.25) is 0 Å². The lowest BCUT2D eigenvalue weighted by molar-refractivity contribution is -0.136. The third-order valence-electron chi connectivity index (χ3n) is 5.65. The van der Waals surface area contributed by atoms with Gasteiger partial charge in [0.05, 0.1) is 4.90 Å². The first-order valence-electron chi connectivity index (χ1n) is 10.4. The number of carbonyl (C=O) groups excluding carboxylic acids is 3. The molecule has 0 atom stereocenters. The molecule has 0 unspecified atom stereocenters. The number of sulfonamides is 1. The van der Waals surface area contributed by atoms with Gasteiger partial charge < -0.3 is 10.2 Å². The van der Waals surface area contributed by atoms with Gasteiger partial charge in [-0.25, -0.2) is 17.9 Å². The number of hydrogen-bond donors (Lipinski definition) is 2. The van der Waals surface area contributed by atoms with Gasteiger partial charge in [-0.05, 0) is 51.8 Å². The van der Waals surface area contributed by atoms with Gasteiger partial charge in [0.25, 0.3) is 5.91 Å². The highest BCUT2D eigenvalue weighted by Crippen LogP contribution is 2.39. The molecule has 2 N–H and O–H groups in total. The fourth-order valence-electron chi connectivity index (χ4n) is 4.22. The Bertz CT molecular complexity index is 993. The quantitative estimate of drug-likeness (QED) is 0.668. The van der Waals surface area contributed by atoms with Crippen LogP contribution >= 0.6 is 0 Å². The lowest BCUT2D eigenvalue weighted by Crippen LogP contribution is -2.49. The van der Waals surface area contributed by atoms with E-state index in [1.165, 1.54) is 23.1 Å². The van der Waals surface area contributed by atoms with Crippen molar-refractivity contribution in [3.63, 3.8) is 0 Å². The zero-order valence-electron chi connectivity index (χ0n) is 18.4. The number of benzene rings is 1. The second-order valence-corrected chi connectivity index (χ2v) is 10.9. The maximum absolute atomic E-state index is 13.0. The number of anilines is 1. The summed E-state index contributed by atoms with van der Waals surface area (Å²) in [4.78, 5) is 40.7. The smallest absolute Gasteiger partial charge is 0.324 e. The molecule has 1 aromatic carbocycles. The van der Waals surface area contributed by atoms with Crippen LogP contribution in [0, 0.1) is 0 Å². The van der Waals surface area contributed by atoms with Crippen molar-refractivity contribution >= 4 is 33.6 Å². The maximum Gasteiger partial charge on any atom is 0.327 e. The maximum atomic E-state index is 13.0. The third-order valence-corrected chi connectivity index (χ3v) is 7.41. The van der Waals surface area contributed by atoms with Crippen LogP contribution < -0.4 is 10.0 Å². The minimum absolute atomic E-state index is 0.00874. The topological polar surface area (TPSA) is 116 Å². The van der Waals surface area contributed by atoms with Gasteiger partial charge in [0.15, 0.2) is 0 Å². The number of nitrogens with one attached hydrogen (secondary N) is 2. The summed E-state index contributed by atoms with van der Waals surface area (Å²) in [6.07, 6.45) is 3.97. The monoisotopic (exact) mass is 450 g/mol. The summed E-state index contributed by atoms with van der Waals surface area (Å²) < 4.78 is 27.6. The highest BCUT2D eigenvalue weighted by atomic mass is 32.2. The van der Waals surface area contributed by atoms with E-state index in [9.17, 15) is 22.8 Å². The van der Waals surface area contributed by atoms with Crippen LogP contribution in [-0.2, 0) is 19.6 Å². The van der Waals surface area contributed by atoms with E-state index in [-0.39, 0.29) is 16.5 Å². The summed E-state index contributed by atoms with van der Waals surface area (Å²) in [7, 11) is -2.16. The predicted molar refractivity (Wildman–Crippen MR) is 116 cm³/mol. The predicted octanol–water partition coefficient (Wildman–Crippen LogP) is 2.30. The summed E-state index contributed by atoms with van der Waals surface area (Å²) in [5.41, 5.74) is -1.24. The van der Waals surface area contributed by atoms with Crippen molar-refractivity contribution in [2.24, 2.45) is 0 Å². The Hall–Kier alpha value is -2.46. The molecule has 4 amide bonds. The minimum atomic E-state index is -3.77. The molecule has 2 fully saturated rings. The fourth-order valence-corrected chi connectivity index (χ4v) is 5.68. The van der Waals surface area contributed by atoms with Crippen LogP contribution in [0.1, 0.15) is 52.9 Å². The molecule has 1 aliphatic carbocycles. The third kappa shape index (κ3) is 4.74. The van der Waals surface area contributed by atoms with Gasteiger partial charge in [-0.2, -0.15) is 0 Å². The van der Waals surface area contributed by atoms with Crippen molar-refractivity contribution in [1.29, 1.82) is 0 Å². The molecule has 1 saturated carbocycles. The fraction of sp³-hybridized carbons (Fsp3) is 0.571. The summed E-state index contributed by atoms with van der Waals surface area (Å²) in [5, 5.41) is 2.60. The molecule has 1 aliphatic heterocycles. The largest absolute Gasteiger partial charge is 0.327 e. The lowest BCUT2D eigenvalue weighted by Gasteiger charge is -2.35. The number of urea groups is 1. The van der Waals surface area contributed by atoms with E-state index in [2.05, 4.69) is 10.0 Å². The standard InChI is InChI=1S/C21H30N4O5S/c1-20(2,3)23-31(29,30)16-10-8-9-15(13-16)22-17(26)14-25-18(27)21(24(4)19(25)28)11-6-5-7-12-21/h8-10,13,23H,5-7,11-12,14H2,1-4H3,(H,22,26). The molecular weight excluding hydrogens is 420 g/mol. The normalized spacial score (nSPS) is 19.2. The summed E-state index contributed by atoms with van der Waals surface area (Å²) in [5.74, 6) is -0.901. The van der Waals surface area contributed by atoms with Crippen LogP contribution in [0.5, 0.6) is 0 Å². The van der Waals surface area contributed by atoms with E-state index in [1.807, 2.05) is 0 Å². The summed E-state index contributed by atoms with van der Waals surface area (Å²) in [6.45, 7) is 4.78. The van der Waals surface area contributed by atoms with Crippen molar-refractivity contribution in [2.75, 3.05) is 18.9 Å². The van der Waals surface area contributed by atoms with E-state index >= 15 is 0 Å². The Morgan fingerprint density at radius 3 is 2.39 bits per heavy atom. The van der Waals surface area contributed by atoms with Gasteiger partial charge in [-0.3, -0.25) is 14.5 Å². The van der Waals surface area contributed by atoms with Crippen molar-refractivity contribution < 1.29 is 22.8 Å². The number of hydrogen-bond acceptors (Lipinski definition) is 5. The summed E-state index contributed by atoms with van der Waals surface area (Å²) >= 11 is 0. The Balaban J connectivity index is 1.72. The number of imide groups is 1. The van der Waals surface area contributed by atoms with Gasteiger partial charge in [0, 0.05) is 18.3 Å². The number of amides is 4. The molecule has 0 bridgehead atoms. The second kappa shape index (κ2) is 8.23. The molecule has 0 aromatic heterocycles. The zero-order valence-corrected chi connectivity index (χ0v) is 19.2. The molecule has 1 heterocycles. The first kappa shape index (κ1) is 23.2. The molecule has 170 valence electrons. The van der Waals surface area contributed by atoms with Crippen molar-refractivity contribution in [3.05, 3.63) is 24.3 Å². The zero-order chi connectivity index (χ0) is 23.0. The molecule has 0 radical (unpaired) electrons. The van der Waals surface area contributed by atoms with E-state index in [0.717, 1.165) is 24.2 Å². The average molecular weight is 451 g/mol. The highest BCUT2D eigenvalue weighted by Gasteiger charge is 2.55. The molecule has 31 heavy (non-hydrogen) atoms. The molecule has 2 aliphatic rings. The Morgan fingerprint density at radius 2 is 1.77 bits per heavy atom. The van der Waals surface area contributed by atoms with Crippen molar-refractivity contribution in [3.8, 4) is 0 Å². The van der Waals surface area contributed by atoms with Gasteiger partial charge >= 0.3 is 6.03 Å². The van der Waals surface area contributed by atoms with Gasteiger partial charge in [0.1, 0.15) is 12.1 Å². The van der Waals surface area contributed by atoms with Gasteiger partial charge in [-0.1, -0.05) is 25.3 Å². The molecule has 9 nitrogen and oxygen atoms in total. The number of rotatable bonds is 5. The lowest BCUT2D eigenvalue weighted by atomic mass is 9.81. The average Bonchev–Trinajstić information content (AvgIpc) is 2.83. The van der Waals surface area contributed by atoms with Crippen LogP contribution in [0.3, 0.4) is 0 Å². The Labute approximate surface area is 183 Å². The first-order chi connectivity index (χ1) is 14.4. The minimum Gasteiger partial charge on any atom is -0.324 e. The molecule has 10 heteroatoms. The van der Waals surface area contributed by atoms with E-state index in [4.69, 9.17) is 0 Å².